The van der Waals surface area contributed by atoms with Crippen LogP contribution in [0, 0.1) is 0 Å². The van der Waals surface area contributed by atoms with Crippen LogP contribution in [0.3, 0.4) is 0 Å². The average Bonchev–Trinajstić information content (AvgIpc) is 2.96. The molecule has 3 aromatic rings. The van der Waals surface area contributed by atoms with Gasteiger partial charge >= 0.3 is 0 Å². The molecule has 4 rings (SSSR count). The van der Waals surface area contributed by atoms with Crippen molar-refractivity contribution in [1.29, 1.82) is 0 Å². The van der Waals surface area contributed by atoms with Gasteiger partial charge in [-0.15, -0.1) is 11.8 Å². The van der Waals surface area contributed by atoms with Crippen molar-refractivity contribution in [3.05, 3.63) is 106 Å². The van der Waals surface area contributed by atoms with Crippen LogP contribution in [0.1, 0.15) is 34.0 Å². The number of fused-ring (bicyclic) bond motifs is 1. The molecule has 0 radical (unpaired) electrons. The van der Waals surface area contributed by atoms with E-state index in [0.717, 1.165) is 22.4 Å². The van der Waals surface area contributed by atoms with Crippen LogP contribution in [0.5, 0.6) is 0 Å². The minimum atomic E-state index is -0.553. The second-order valence-corrected chi connectivity index (χ2v) is 8.12. The first-order valence-corrected chi connectivity index (χ1v) is 10.4. The Labute approximate surface area is 169 Å². The number of benzene rings is 3. The van der Waals surface area contributed by atoms with Crippen molar-refractivity contribution in [1.82, 2.24) is 4.90 Å². The molecule has 27 heavy (non-hydrogen) atoms. The molecule has 1 unspecified atom stereocenters. The van der Waals surface area contributed by atoms with Crippen LogP contribution in [0.15, 0.2) is 78.9 Å². The number of carbonyl (C=O) groups is 1. The summed E-state index contributed by atoms with van der Waals surface area (Å²) >= 11 is 7.93. The second-order valence-electron chi connectivity index (χ2n) is 6.52. The monoisotopic (exact) mass is 393 g/mol. The third-order valence-corrected chi connectivity index (χ3v) is 6.81. The number of rotatable bonds is 5. The summed E-state index contributed by atoms with van der Waals surface area (Å²) in [7, 11) is 0. The zero-order valence-corrected chi connectivity index (χ0v) is 16.6. The number of thioether (sulfide) groups is 1. The molecule has 1 heterocycles. The van der Waals surface area contributed by atoms with E-state index in [9.17, 15) is 4.79 Å². The van der Waals surface area contributed by atoms with Gasteiger partial charge in [0.05, 0.1) is 0 Å². The van der Waals surface area contributed by atoms with Crippen LogP contribution in [0.2, 0.25) is 5.02 Å². The Morgan fingerprint density at radius 2 is 1.59 bits per heavy atom. The Bertz CT molecular complexity index is 958. The Morgan fingerprint density at radius 3 is 2.30 bits per heavy atom. The molecule has 0 N–H and O–H groups in total. The summed E-state index contributed by atoms with van der Waals surface area (Å²) < 4.78 is 0. The van der Waals surface area contributed by atoms with E-state index in [1.165, 1.54) is 5.56 Å². The summed E-state index contributed by atoms with van der Waals surface area (Å²) in [6, 6.07) is 26.2. The SMILES string of the molecule is CCN1C(=O)c2ccccc2C1(SCc1ccccc1)c1ccc(Cl)cc1. The van der Waals surface area contributed by atoms with Gasteiger partial charge in [0.15, 0.2) is 0 Å². The van der Waals surface area contributed by atoms with Gasteiger partial charge in [0.25, 0.3) is 5.91 Å². The van der Waals surface area contributed by atoms with E-state index in [0.29, 0.717) is 11.6 Å². The van der Waals surface area contributed by atoms with E-state index in [1.807, 2.05) is 60.4 Å². The van der Waals surface area contributed by atoms with Crippen molar-refractivity contribution in [2.75, 3.05) is 6.54 Å². The minimum Gasteiger partial charge on any atom is -0.316 e. The third kappa shape index (κ3) is 3.05. The topological polar surface area (TPSA) is 20.3 Å². The highest BCUT2D eigenvalue weighted by atomic mass is 35.5. The van der Waals surface area contributed by atoms with Gasteiger partial charge < -0.3 is 4.90 Å². The standard InChI is InChI=1S/C23H20ClNOS/c1-2-25-22(26)20-10-6-7-11-21(20)23(25,18-12-14-19(24)15-13-18)27-16-17-8-4-3-5-9-17/h3-15H,2,16H2,1H3. The maximum absolute atomic E-state index is 13.2. The van der Waals surface area contributed by atoms with Crippen LogP contribution in [0.25, 0.3) is 0 Å². The lowest BCUT2D eigenvalue weighted by molar-refractivity contribution is 0.0735. The predicted molar refractivity (Wildman–Crippen MR) is 113 cm³/mol. The van der Waals surface area contributed by atoms with Gasteiger partial charge in [0.1, 0.15) is 4.87 Å². The molecule has 0 bridgehead atoms. The fourth-order valence-corrected chi connectivity index (χ4v) is 5.45. The molecule has 0 fully saturated rings. The van der Waals surface area contributed by atoms with E-state index in [4.69, 9.17) is 11.6 Å². The van der Waals surface area contributed by atoms with Gasteiger partial charge in [0, 0.05) is 28.4 Å². The Balaban J connectivity index is 1.87. The van der Waals surface area contributed by atoms with Gasteiger partial charge in [-0.25, -0.2) is 0 Å². The van der Waals surface area contributed by atoms with Crippen molar-refractivity contribution in [3.8, 4) is 0 Å². The Morgan fingerprint density at radius 1 is 0.926 bits per heavy atom. The smallest absolute Gasteiger partial charge is 0.255 e. The van der Waals surface area contributed by atoms with Crippen LogP contribution >= 0.6 is 23.4 Å². The molecule has 0 saturated heterocycles. The van der Waals surface area contributed by atoms with Gasteiger partial charge in [-0.3, -0.25) is 4.79 Å². The summed E-state index contributed by atoms with van der Waals surface area (Å²) in [5.41, 5.74) is 4.16. The summed E-state index contributed by atoms with van der Waals surface area (Å²) in [6.45, 7) is 2.68. The molecule has 1 amide bonds. The quantitative estimate of drug-likeness (QED) is 0.533. The highest BCUT2D eigenvalue weighted by molar-refractivity contribution is 7.99. The minimum absolute atomic E-state index is 0.0867. The third-order valence-electron chi connectivity index (χ3n) is 4.99. The first kappa shape index (κ1) is 18.1. The molecular weight excluding hydrogens is 374 g/mol. The normalized spacial score (nSPS) is 18.6. The van der Waals surface area contributed by atoms with Crippen LogP contribution in [-0.4, -0.2) is 17.4 Å². The summed E-state index contributed by atoms with van der Waals surface area (Å²) in [4.78, 5) is 14.6. The largest absolute Gasteiger partial charge is 0.316 e. The number of carbonyl (C=O) groups excluding carboxylic acids is 1. The molecule has 3 aromatic carbocycles. The summed E-state index contributed by atoms with van der Waals surface area (Å²) in [6.07, 6.45) is 0. The van der Waals surface area contributed by atoms with Gasteiger partial charge in [0.2, 0.25) is 0 Å². The number of hydrogen-bond donors (Lipinski definition) is 0. The zero-order chi connectivity index (χ0) is 18.9. The summed E-state index contributed by atoms with van der Waals surface area (Å²) in [5, 5.41) is 0.697. The highest BCUT2D eigenvalue weighted by Gasteiger charge is 2.50. The lowest BCUT2D eigenvalue weighted by Gasteiger charge is -2.39. The van der Waals surface area contributed by atoms with Crippen molar-refractivity contribution in [2.45, 2.75) is 17.5 Å². The molecule has 0 aliphatic carbocycles. The molecule has 1 atom stereocenters. The molecule has 1 aliphatic rings. The van der Waals surface area contributed by atoms with Crippen molar-refractivity contribution in [3.63, 3.8) is 0 Å². The number of hydrogen-bond acceptors (Lipinski definition) is 2. The van der Waals surface area contributed by atoms with Crippen molar-refractivity contribution >= 4 is 29.3 Å². The van der Waals surface area contributed by atoms with E-state index < -0.39 is 4.87 Å². The number of amides is 1. The van der Waals surface area contributed by atoms with Crippen molar-refractivity contribution < 1.29 is 4.79 Å². The number of halogens is 1. The first-order valence-electron chi connectivity index (χ1n) is 9.02. The molecule has 2 nitrogen and oxygen atoms in total. The van der Waals surface area contributed by atoms with Crippen LogP contribution in [-0.2, 0) is 10.6 Å². The van der Waals surface area contributed by atoms with Gasteiger partial charge in [-0.05, 0) is 36.2 Å². The van der Waals surface area contributed by atoms with Crippen LogP contribution in [0.4, 0.5) is 0 Å². The van der Waals surface area contributed by atoms with E-state index in [-0.39, 0.29) is 5.91 Å². The Kier molecular flexibility index (Phi) is 4.98. The molecule has 0 spiro atoms. The lowest BCUT2D eigenvalue weighted by atomic mass is 9.97. The van der Waals surface area contributed by atoms with Crippen molar-refractivity contribution in [2.24, 2.45) is 0 Å². The fourth-order valence-electron chi connectivity index (χ4n) is 3.75. The van der Waals surface area contributed by atoms with E-state index in [2.05, 4.69) is 30.3 Å². The average molecular weight is 394 g/mol. The molecule has 0 aromatic heterocycles. The zero-order valence-electron chi connectivity index (χ0n) is 15.1. The van der Waals surface area contributed by atoms with E-state index in [1.54, 1.807) is 11.8 Å². The summed E-state index contributed by atoms with van der Waals surface area (Å²) in [5.74, 6) is 0.894. The number of nitrogens with zero attached hydrogens (tertiary/aromatic N) is 1. The van der Waals surface area contributed by atoms with Gasteiger partial charge in [-0.1, -0.05) is 72.3 Å². The molecule has 0 saturated carbocycles. The van der Waals surface area contributed by atoms with E-state index >= 15 is 0 Å². The van der Waals surface area contributed by atoms with Crippen LogP contribution < -0.4 is 0 Å². The van der Waals surface area contributed by atoms with Gasteiger partial charge in [-0.2, -0.15) is 0 Å². The highest BCUT2D eigenvalue weighted by Crippen LogP contribution is 2.52. The maximum atomic E-state index is 13.2. The molecular formula is C23H20ClNOS. The molecule has 4 heteroatoms. The second kappa shape index (κ2) is 7.41. The molecule has 1 aliphatic heterocycles. The molecule has 136 valence electrons. The lowest BCUT2D eigenvalue weighted by Crippen LogP contribution is -2.42. The Hall–Kier alpha value is -2.23. The predicted octanol–water partition coefficient (Wildman–Crippen LogP) is 5.95. The maximum Gasteiger partial charge on any atom is 0.255 e. The first-order chi connectivity index (χ1) is 13.2. The fraction of sp³-hybridized carbons (Fsp3) is 0.174.